The fraction of sp³-hybridized carbons (Fsp3) is 0.500. The van der Waals surface area contributed by atoms with Gasteiger partial charge in [-0.2, -0.15) is 4.98 Å². The van der Waals surface area contributed by atoms with Gasteiger partial charge < -0.3 is 9.84 Å². The minimum absolute atomic E-state index is 0.225. The van der Waals surface area contributed by atoms with E-state index < -0.39 is 0 Å². The van der Waals surface area contributed by atoms with E-state index in [1.54, 1.807) is 11.7 Å². The number of hydrogen-bond donors (Lipinski definition) is 1. The Morgan fingerprint density at radius 3 is 3.19 bits per heavy atom. The summed E-state index contributed by atoms with van der Waals surface area (Å²) >= 11 is 1.52. The molecule has 2 aromatic heterocycles. The Kier molecular flexibility index (Phi) is 2.67. The Hall–Kier alpha value is -1.27. The average Bonchev–Trinajstić information content (AvgIpc) is 3.01. The maximum absolute atomic E-state index is 5.28. The normalized spacial score (nSPS) is 21.1. The molecule has 0 bridgehead atoms. The van der Waals surface area contributed by atoms with Crippen LogP contribution in [0.2, 0.25) is 0 Å². The first-order valence-corrected chi connectivity index (χ1v) is 6.27. The van der Waals surface area contributed by atoms with Crippen molar-refractivity contribution >= 4 is 11.3 Å². The van der Waals surface area contributed by atoms with Crippen LogP contribution >= 0.6 is 11.3 Å². The van der Waals surface area contributed by atoms with E-state index in [1.807, 2.05) is 0 Å². The van der Waals surface area contributed by atoms with Gasteiger partial charge in [-0.15, -0.1) is 11.3 Å². The van der Waals surface area contributed by atoms with Gasteiger partial charge in [0.05, 0.1) is 16.4 Å². The van der Waals surface area contributed by atoms with Gasteiger partial charge in [-0.3, -0.25) is 4.98 Å². The van der Waals surface area contributed by atoms with Crippen LogP contribution in [0.15, 0.2) is 16.2 Å². The van der Waals surface area contributed by atoms with Crippen LogP contribution < -0.4 is 5.32 Å². The van der Waals surface area contributed by atoms with Crippen LogP contribution in [0.4, 0.5) is 0 Å². The molecule has 2 aromatic rings. The van der Waals surface area contributed by atoms with Crippen molar-refractivity contribution in [2.75, 3.05) is 6.54 Å². The van der Waals surface area contributed by atoms with Gasteiger partial charge in [0.15, 0.2) is 0 Å². The number of nitrogens with zero attached hydrogens (tertiary/aromatic N) is 3. The Balaban J connectivity index is 1.82. The van der Waals surface area contributed by atoms with Crippen molar-refractivity contribution in [3.05, 3.63) is 17.6 Å². The van der Waals surface area contributed by atoms with E-state index in [0.29, 0.717) is 11.7 Å². The summed E-state index contributed by atoms with van der Waals surface area (Å²) in [6, 6.07) is 0.225. The molecule has 0 radical (unpaired) electrons. The number of piperidine rings is 1. The largest absolute Gasteiger partial charge is 0.337 e. The monoisotopic (exact) mass is 236 g/mol. The van der Waals surface area contributed by atoms with Gasteiger partial charge >= 0.3 is 0 Å². The van der Waals surface area contributed by atoms with Gasteiger partial charge in [0.2, 0.25) is 11.7 Å². The Morgan fingerprint density at radius 1 is 1.44 bits per heavy atom. The lowest BCUT2D eigenvalue weighted by Gasteiger charge is -2.19. The molecule has 1 unspecified atom stereocenters. The van der Waals surface area contributed by atoms with Crippen LogP contribution in [0.5, 0.6) is 0 Å². The van der Waals surface area contributed by atoms with Crippen molar-refractivity contribution in [2.24, 2.45) is 0 Å². The number of nitrogens with one attached hydrogen (secondary N) is 1. The van der Waals surface area contributed by atoms with Crippen LogP contribution in [0.1, 0.15) is 31.2 Å². The number of hydrogen-bond acceptors (Lipinski definition) is 6. The molecular weight excluding hydrogens is 224 g/mol. The molecule has 0 saturated carbocycles. The molecule has 0 spiro atoms. The first-order valence-electron chi connectivity index (χ1n) is 5.39. The highest BCUT2D eigenvalue weighted by molar-refractivity contribution is 7.13. The molecule has 5 nitrogen and oxygen atoms in total. The van der Waals surface area contributed by atoms with Crippen LogP contribution in [0.3, 0.4) is 0 Å². The molecule has 1 fully saturated rings. The van der Waals surface area contributed by atoms with E-state index in [2.05, 4.69) is 20.4 Å². The van der Waals surface area contributed by atoms with Crippen molar-refractivity contribution in [3.8, 4) is 10.7 Å². The van der Waals surface area contributed by atoms with Gasteiger partial charge in [0.25, 0.3) is 0 Å². The molecule has 3 rings (SSSR count). The van der Waals surface area contributed by atoms with Crippen molar-refractivity contribution < 1.29 is 4.52 Å². The maximum atomic E-state index is 5.28. The molecule has 84 valence electrons. The summed E-state index contributed by atoms with van der Waals surface area (Å²) < 4.78 is 5.28. The average molecular weight is 236 g/mol. The first kappa shape index (κ1) is 9.92. The quantitative estimate of drug-likeness (QED) is 0.864. The molecular formula is C10H12N4OS. The fourth-order valence-corrected chi connectivity index (χ4v) is 2.41. The molecule has 1 aliphatic rings. The second kappa shape index (κ2) is 4.31. The van der Waals surface area contributed by atoms with Crippen LogP contribution in [0.25, 0.3) is 10.7 Å². The number of rotatable bonds is 2. The van der Waals surface area contributed by atoms with Crippen LogP contribution in [-0.4, -0.2) is 21.7 Å². The summed E-state index contributed by atoms with van der Waals surface area (Å²) in [6.07, 6.45) is 5.28. The van der Waals surface area contributed by atoms with E-state index in [-0.39, 0.29) is 6.04 Å². The highest BCUT2D eigenvalue weighted by Crippen LogP contribution is 2.25. The molecule has 0 aliphatic carbocycles. The summed E-state index contributed by atoms with van der Waals surface area (Å²) in [5, 5.41) is 7.36. The second-order valence-corrected chi connectivity index (χ2v) is 4.71. The third kappa shape index (κ3) is 1.85. The lowest BCUT2D eigenvalue weighted by molar-refractivity contribution is 0.297. The van der Waals surface area contributed by atoms with E-state index in [0.717, 1.165) is 17.8 Å². The first-order chi connectivity index (χ1) is 7.93. The molecule has 0 amide bonds. The molecule has 6 heteroatoms. The predicted molar refractivity (Wildman–Crippen MR) is 60.0 cm³/mol. The molecule has 3 heterocycles. The topological polar surface area (TPSA) is 63.8 Å². The predicted octanol–water partition coefficient (Wildman–Crippen LogP) is 2.01. The van der Waals surface area contributed by atoms with Crippen molar-refractivity contribution in [2.45, 2.75) is 25.3 Å². The molecule has 0 aromatic carbocycles. The highest BCUT2D eigenvalue weighted by atomic mass is 32.1. The summed E-state index contributed by atoms with van der Waals surface area (Å²) in [5.41, 5.74) is 1.77. The SMILES string of the molecule is c1ncc(-c2noc(C3CCCCN3)n2)s1. The fourth-order valence-electron chi connectivity index (χ4n) is 1.87. The van der Waals surface area contributed by atoms with Crippen molar-refractivity contribution in [1.82, 2.24) is 20.4 Å². The third-order valence-electron chi connectivity index (χ3n) is 2.70. The lowest BCUT2D eigenvalue weighted by atomic mass is 10.1. The minimum Gasteiger partial charge on any atom is -0.337 e. The van der Waals surface area contributed by atoms with E-state index in [4.69, 9.17) is 4.52 Å². The summed E-state index contributed by atoms with van der Waals surface area (Å²) in [4.78, 5) is 9.36. The summed E-state index contributed by atoms with van der Waals surface area (Å²) in [5.74, 6) is 1.34. The molecule has 1 aliphatic heterocycles. The third-order valence-corrected chi connectivity index (χ3v) is 3.47. The maximum Gasteiger partial charge on any atom is 0.244 e. The second-order valence-electron chi connectivity index (χ2n) is 3.82. The number of aromatic nitrogens is 3. The zero-order valence-corrected chi connectivity index (χ0v) is 9.54. The Bertz CT molecular complexity index is 447. The van der Waals surface area contributed by atoms with Crippen LogP contribution in [-0.2, 0) is 0 Å². The van der Waals surface area contributed by atoms with Crippen molar-refractivity contribution in [1.29, 1.82) is 0 Å². The zero-order chi connectivity index (χ0) is 10.8. The number of thiazole rings is 1. The Labute approximate surface area is 96.9 Å². The lowest BCUT2D eigenvalue weighted by Crippen LogP contribution is -2.26. The van der Waals surface area contributed by atoms with E-state index in [1.165, 1.54) is 24.2 Å². The molecule has 1 saturated heterocycles. The standard InChI is InChI=1S/C10H12N4OS/c1-2-4-12-7(3-1)10-13-9(14-15-10)8-5-11-6-16-8/h5-7,12H,1-4H2. The van der Waals surface area contributed by atoms with Crippen LogP contribution in [0, 0.1) is 0 Å². The van der Waals surface area contributed by atoms with Crippen molar-refractivity contribution in [3.63, 3.8) is 0 Å². The van der Waals surface area contributed by atoms with Gasteiger partial charge in [0.1, 0.15) is 0 Å². The van der Waals surface area contributed by atoms with E-state index >= 15 is 0 Å². The molecule has 1 atom stereocenters. The summed E-state index contributed by atoms with van der Waals surface area (Å²) in [7, 11) is 0. The smallest absolute Gasteiger partial charge is 0.244 e. The minimum atomic E-state index is 0.225. The zero-order valence-electron chi connectivity index (χ0n) is 8.72. The van der Waals surface area contributed by atoms with Gasteiger partial charge in [0, 0.05) is 6.20 Å². The molecule has 16 heavy (non-hydrogen) atoms. The summed E-state index contributed by atoms with van der Waals surface area (Å²) in [6.45, 7) is 1.03. The highest BCUT2D eigenvalue weighted by Gasteiger charge is 2.21. The van der Waals surface area contributed by atoms with Gasteiger partial charge in [-0.25, -0.2) is 0 Å². The van der Waals surface area contributed by atoms with Gasteiger partial charge in [-0.1, -0.05) is 11.6 Å². The van der Waals surface area contributed by atoms with Gasteiger partial charge in [-0.05, 0) is 19.4 Å². The Morgan fingerprint density at radius 2 is 2.44 bits per heavy atom. The van der Waals surface area contributed by atoms with E-state index in [9.17, 15) is 0 Å². The molecule has 1 N–H and O–H groups in total.